The van der Waals surface area contributed by atoms with E-state index in [0.29, 0.717) is 38.0 Å². The molecule has 1 saturated heterocycles. The topological polar surface area (TPSA) is 46.6 Å². The SMILES string of the molecule is CCCCCCCC(CCCCCC)CCS(=O)(=O)N1CCOCC1. The molecule has 0 amide bonds. The summed E-state index contributed by atoms with van der Waals surface area (Å²) in [5.74, 6) is 0.898. The average Bonchev–Trinajstić information content (AvgIpc) is 2.63. The zero-order valence-corrected chi connectivity index (χ0v) is 17.5. The van der Waals surface area contributed by atoms with Crippen molar-refractivity contribution in [3.63, 3.8) is 0 Å². The van der Waals surface area contributed by atoms with Crippen molar-refractivity contribution in [1.82, 2.24) is 4.31 Å². The van der Waals surface area contributed by atoms with E-state index >= 15 is 0 Å². The number of rotatable bonds is 15. The quantitative estimate of drug-likeness (QED) is 0.379. The Kier molecular flexibility index (Phi) is 12.8. The minimum atomic E-state index is -3.10. The number of ether oxygens (including phenoxy) is 1. The summed E-state index contributed by atoms with van der Waals surface area (Å²) < 4.78 is 32.0. The highest BCUT2D eigenvalue weighted by Crippen LogP contribution is 2.23. The molecule has 0 N–H and O–H groups in total. The molecule has 1 rings (SSSR count). The maximum Gasteiger partial charge on any atom is 0.214 e. The molecule has 1 unspecified atom stereocenters. The van der Waals surface area contributed by atoms with Crippen molar-refractivity contribution >= 4 is 10.0 Å². The second-order valence-electron chi connectivity index (χ2n) is 7.53. The van der Waals surface area contributed by atoms with Crippen molar-refractivity contribution in [2.45, 2.75) is 90.9 Å². The number of hydrogen-bond donors (Lipinski definition) is 0. The second-order valence-corrected chi connectivity index (χ2v) is 9.62. The Hall–Kier alpha value is -0.130. The molecule has 1 aliphatic heterocycles. The van der Waals surface area contributed by atoms with Crippen LogP contribution >= 0.6 is 0 Å². The molecular weight excluding hydrogens is 334 g/mol. The smallest absolute Gasteiger partial charge is 0.214 e. The molecule has 0 saturated carbocycles. The molecule has 1 aliphatic rings. The van der Waals surface area contributed by atoms with Gasteiger partial charge in [-0.05, 0) is 12.3 Å². The van der Waals surface area contributed by atoms with Crippen molar-refractivity contribution in [3.05, 3.63) is 0 Å². The van der Waals surface area contributed by atoms with Gasteiger partial charge >= 0.3 is 0 Å². The van der Waals surface area contributed by atoms with Crippen LogP contribution in [-0.4, -0.2) is 44.8 Å². The van der Waals surface area contributed by atoms with E-state index in [2.05, 4.69) is 13.8 Å². The molecule has 1 heterocycles. The van der Waals surface area contributed by atoms with Crippen molar-refractivity contribution in [1.29, 1.82) is 0 Å². The summed E-state index contributed by atoms with van der Waals surface area (Å²) in [5, 5.41) is 0. The Morgan fingerprint density at radius 2 is 1.32 bits per heavy atom. The Balaban J connectivity index is 2.38. The van der Waals surface area contributed by atoms with Gasteiger partial charge in [-0.3, -0.25) is 0 Å². The second kappa shape index (κ2) is 14.0. The average molecular weight is 376 g/mol. The first kappa shape index (κ1) is 22.9. The molecule has 0 radical (unpaired) electrons. The van der Waals surface area contributed by atoms with Crippen LogP contribution in [0.15, 0.2) is 0 Å². The number of morpholine rings is 1. The van der Waals surface area contributed by atoms with Crippen molar-refractivity contribution in [2.75, 3.05) is 32.1 Å². The van der Waals surface area contributed by atoms with E-state index < -0.39 is 10.0 Å². The summed E-state index contributed by atoms with van der Waals surface area (Å²) >= 11 is 0. The highest BCUT2D eigenvalue weighted by molar-refractivity contribution is 7.89. The third-order valence-electron chi connectivity index (χ3n) is 5.33. The number of hydrogen-bond acceptors (Lipinski definition) is 3. The van der Waals surface area contributed by atoms with E-state index in [4.69, 9.17) is 4.74 Å². The summed E-state index contributed by atoms with van der Waals surface area (Å²) in [7, 11) is -3.10. The third-order valence-corrected chi connectivity index (χ3v) is 7.23. The van der Waals surface area contributed by atoms with Gasteiger partial charge in [-0.1, -0.05) is 84.5 Å². The third kappa shape index (κ3) is 10.6. The first-order valence-corrected chi connectivity index (χ1v) is 12.3. The van der Waals surface area contributed by atoms with Gasteiger partial charge in [0.05, 0.1) is 19.0 Å². The van der Waals surface area contributed by atoms with Crippen LogP contribution in [-0.2, 0) is 14.8 Å². The van der Waals surface area contributed by atoms with Crippen molar-refractivity contribution in [3.8, 4) is 0 Å². The van der Waals surface area contributed by atoms with Gasteiger partial charge in [0, 0.05) is 13.1 Å². The molecular formula is C20H41NO3S. The maximum absolute atomic E-state index is 12.6. The molecule has 4 nitrogen and oxygen atoms in total. The lowest BCUT2D eigenvalue weighted by Gasteiger charge is -2.27. The number of nitrogens with zero attached hydrogens (tertiary/aromatic N) is 1. The van der Waals surface area contributed by atoms with Gasteiger partial charge in [-0.15, -0.1) is 0 Å². The Bertz CT molecular complexity index is 405. The van der Waals surface area contributed by atoms with E-state index in [1.165, 1.54) is 70.6 Å². The molecule has 0 aromatic carbocycles. The zero-order valence-electron chi connectivity index (χ0n) is 16.7. The lowest BCUT2D eigenvalue weighted by molar-refractivity contribution is 0.0729. The van der Waals surface area contributed by atoms with Crippen molar-refractivity contribution in [2.24, 2.45) is 5.92 Å². The molecule has 25 heavy (non-hydrogen) atoms. The summed E-state index contributed by atoms with van der Waals surface area (Å²) in [6.07, 6.45) is 14.8. The summed E-state index contributed by atoms with van der Waals surface area (Å²) in [4.78, 5) is 0. The zero-order chi connectivity index (χ0) is 18.4. The normalized spacial score (nSPS) is 17.7. The summed E-state index contributed by atoms with van der Waals surface area (Å²) in [5.41, 5.74) is 0. The van der Waals surface area contributed by atoms with Gasteiger partial charge in [0.2, 0.25) is 10.0 Å². The minimum absolute atomic E-state index is 0.320. The lowest BCUT2D eigenvalue weighted by atomic mass is 9.92. The van der Waals surface area contributed by atoms with Crippen LogP contribution in [0.2, 0.25) is 0 Å². The van der Waals surface area contributed by atoms with Gasteiger partial charge in [0.15, 0.2) is 0 Å². The van der Waals surface area contributed by atoms with Gasteiger partial charge in [-0.25, -0.2) is 8.42 Å². The van der Waals surface area contributed by atoms with Crippen LogP contribution < -0.4 is 0 Å². The van der Waals surface area contributed by atoms with E-state index in [9.17, 15) is 8.42 Å². The van der Waals surface area contributed by atoms with Crippen LogP contribution in [0.1, 0.15) is 90.9 Å². The van der Waals surface area contributed by atoms with Crippen LogP contribution in [0, 0.1) is 5.92 Å². The number of sulfonamides is 1. The highest BCUT2D eigenvalue weighted by atomic mass is 32.2. The molecule has 150 valence electrons. The van der Waals surface area contributed by atoms with Crippen LogP contribution in [0.25, 0.3) is 0 Å². The monoisotopic (exact) mass is 375 g/mol. The Morgan fingerprint density at radius 1 is 0.800 bits per heavy atom. The first-order valence-electron chi connectivity index (χ1n) is 10.7. The molecule has 0 aliphatic carbocycles. The minimum Gasteiger partial charge on any atom is -0.379 e. The molecule has 1 atom stereocenters. The fourth-order valence-electron chi connectivity index (χ4n) is 3.60. The van der Waals surface area contributed by atoms with E-state index in [1.54, 1.807) is 4.31 Å². The first-order chi connectivity index (χ1) is 12.1. The van der Waals surface area contributed by atoms with E-state index in [-0.39, 0.29) is 0 Å². The number of unbranched alkanes of at least 4 members (excludes halogenated alkanes) is 7. The summed E-state index contributed by atoms with van der Waals surface area (Å²) in [6.45, 7) is 6.61. The highest BCUT2D eigenvalue weighted by Gasteiger charge is 2.25. The predicted octanol–water partition coefficient (Wildman–Crippen LogP) is 4.99. The Morgan fingerprint density at radius 3 is 1.88 bits per heavy atom. The van der Waals surface area contributed by atoms with Gasteiger partial charge in [0.1, 0.15) is 0 Å². The van der Waals surface area contributed by atoms with Gasteiger partial charge in [-0.2, -0.15) is 4.31 Å². The van der Waals surface area contributed by atoms with E-state index in [1.807, 2.05) is 0 Å². The maximum atomic E-state index is 12.6. The standard InChI is InChI=1S/C20H41NO3S/c1-3-5-7-9-11-13-20(12-10-8-6-4-2)14-19-25(22,23)21-15-17-24-18-16-21/h20H,3-19H2,1-2H3. The largest absolute Gasteiger partial charge is 0.379 e. The lowest BCUT2D eigenvalue weighted by Crippen LogP contribution is -2.42. The van der Waals surface area contributed by atoms with Crippen molar-refractivity contribution < 1.29 is 13.2 Å². The molecule has 0 bridgehead atoms. The van der Waals surface area contributed by atoms with Gasteiger partial charge in [0.25, 0.3) is 0 Å². The summed E-state index contributed by atoms with van der Waals surface area (Å²) in [6, 6.07) is 0. The van der Waals surface area contributed by atoms with Crippen LogP contribution in [0.3, 0.4) is 0 Å². The molecule has 0 aromatic heterocycles. The fourth-order valence-corrected chi connectivity index (χ4v) is 5.19. The predicted molar refractivity (Wildman–Crippen MR) is 106 cm³/mol. The van der Waals surface area contributed by atoms with Crippen LogP contribution in [0.4, 0.5) is 0 Å². The Labute approximate surface area is 156 Å². The van der Waals surface area contributed by atoms with Gasteiger partial charge < -0.3 is 4.74 Å². The van der Waals surface area contributed by atoms with Crippen LogP contribution in [0.5, 0.6) is 0 Å². The molecule has 0 spiro atoms. The molecule has 5 heteroatoms. The van der Waals surface area contributed by atoms with E-state index in [0.717, 1.165) is 6.42 Å². The molecule has 1 fully saturated rings. The fraction of sp³-hybridized carbons (Fsp3) is 1.00. The molecule has 0 aromatic rings.